The molecule has 0 bridgehead atoms. The van der Waals surface area contributed by atoms with Gasteiger partial charge in [-0.1, -0.05) is 0 Å². The number of methoxy groups -OCH3 is 1. The second kappa shape index (κ2) is 6.24. The third kappa shape index (κ3) is 3.29. The van der Waals surface area contributed by atoms with Gasteiger partial charge in [-0.05, 0) is 39.0 Å². The second-order valence-electron chi connectivity index (χ2n) is 4.71. The van der Waals surface area contributed by atoms with E-state index in [1.54, 1.807) is 31.4 Å². The van der Waals surface area contributed by atoms with Crippen molar-refractivity contribution in [3.05, 3.63) is 45.0 Å². The Labute approximate surface area is 122 Å². The highest BCUT2D eigenvalue weighted by molar-refractivity contribution is 7.12. The number of nitrogens with one attached hydrogen (secondary N) is 1. The summed E-state index contributed by atoms with van der Waals surface area (Å²) in [4.78, 5) is 14.5. The first-order valence-corrected chi connectivity index (χ1v) is 7.27. The number of hydrogen-bond acceptors (Lipinski definition) is 4. The van der Waals surface area contributed by atoms with Gasteiger partial charge in [0.1, 0.15) is 17.6 Å². The van der Waals surface area contributed by atoms with Crippen LogP contribution in [0.1, 0.15) is 37.7 Å². The third-order valence-corrected chi connectivity index (χ3v) is 4.19. The molecule has 1 unspecified atom stereocenters. The number of carbonyl (C=O) groups is 1. The number of carbonyl (C=O) groups excluding carboxylic acids is 1. The Bertz CT molecular complexity index is 600. The van der Waals surface area contributed by atoms with Crippen LogP contribution in [-0.2, 0) is 4.74 Å². The molecule has 2 rings (SSSR count). The van der Waals surface area contributed by atoms with Gasteiger partial charge in [0.2, 0.25) is 0 Å². The molecule has 0 fully saturated rings. The van der Waals surface area contributed by atoms with E-state index in [1.165, 1.54) is 4.88 Å². The number of aryl methyl sites for hydroxylation is 3. The highest BCUT2D eigenvalue weighted by Crippen LogP contribution is 2.24. The highest BCUT2D eigenvalue weighted by Gasteiger charge is 2.17. The maximum Gasteiger partial charge on any atom is 0.254 e. The van der Waals surface area contributed by atoms with Crippen molar-refractivity contribution in [3.63, 3.8) is 0 Å². The van der Waals surface area contributed by atoms with Crippen molar-refractivity contribution in [2.75, 3.05) is 13.7 Å². The molecular weight excluding hydrogens is 274 g/mol. The van der Waals surface area contributed by atoms with E-state index in [9.17, 15) is 4.79 Å². The summed E-state index contributed by atoms with van der Waals surface area (Å²) < 4.78 is 10.8. The van der Waals surface area contributed by atoms with Crippen LogP contribution < -0.4 is 5.32 Å². The molecule has 0 aromatic carbocycles. The van der Waals surface area contributed by atoms with E-state index in [0.29, 0.717) is 17.9 Å². The van der Waals surface area contributed by atoms with Crippen molar-refractivity contribution in [2.45, 2.75) is 26.9 Å². The highest BCUT2D eigenvalue weighted by atomic mass is 32.1. The van der Waals surface area contributed by atoms with Crippen LogP contribution in [0, 0.1) is 20.8 Å². The molecule has 1 atom stereocenters. The SMILES string of the molecule is COC(CNC(=O)c1cc(C)oc1C)c1ccc(C)s1. The fraction of sp³-hybridized carbons (Fsp3) is 0.400. The van der Waals surface area contributed by atoms with Crippen LogP contribution in [0.25, 0.3) is 0 Å². The quantitative estimate of drug-likeness (QED) is 0.919. The number of amides is 1. The molecule has 0 saturated carbocycles. The third-order valence-electron chi connectivity index (χ3n) is 3.10. The fourth-order valence-corrected chi connectivity index (χ4v) is 3.02. The van der Waals surface area contributed by atoms with Crippen molar-refractivity contribution in [1.82, 2.24) is 5.32 Å². The molecule has 20 heavy (non-hydrogen) atoms. The van der Waals surface area contributed by atoms with Crippen molar-refractivity contribution in [1.29, 1.82) is 0 Å². The van der Waals surface area contributed by atoms with E-state index in [1.807, 2.05) is 13.0 Å². The minimum absolute atomic E-state index is 0.119. The van der Waals surface area contributed by atoms with E-state index in [0.717, 1.165) is 10.6 Å². The van der Waals surface area contributed by atoms with Crippen LogP contribution in [0.5, 0.6) is 0 Å². The summed E-state index contributed by atoms with van der Waals surface area (Å²) in [5.74, 6) is 1.25. The zero-order valence-corrected chi connectivity index (χ0v) is 13.0. The molecule has 0 aliphatic rings. The monoisotopic (exact) mass is 293 g/mol. The Morgan fingerprint density at radius 3 is 2.65 bits per heavy atom. The summed E-state index contributed by atoms with van der Waals surface area (Å²) in [7, 11) is 1.65. The van der Waals surface area contributed by atoms with E-state index < -0.39 is 0 Å². The normalized spacial score (nSPS) is 12.4. The lowest BCUT2D eigenvalue weighted by Gasteiger charge is -2.14. The minimum Gasteiger partial charge on any atom is -0.466 e. The molecular formula is C15H19NO3S. The smallest absolute Gasteiger partial charge is 0.254 e. The number of rotatable bonds is 5. The van der Waals surface area contributed by atoms with Gasteiger partial charge in [-0.25, -0.2) is 0 Å². The summed E-state index contributed by atoms with van der Waals surface area (Å²) >= 11 is 1.68. The maximum absolute atomic E-state index is 12.1. The van der Waals surface area contributed by atoms with E-state index >= 15 is 0 Å². The van der Waals surface area contributed by atoms with Crippen LogP contribution in [0.3, 0.4) is 0 Å². The van der Waals surface area contributed by atoms with Gasteiger partial charge in [0.25, 0.3) is 5.91 Å². The zero-order chi connectivity index (χ0) is 14.7. The first kappa shape index (κ1) is 14.8. The van der Waals surface area contributed by atoms with Gasteiger partial charge in [0.15, 0.2) is 0 Å². The topological polar surface area (TPSA) is 51.5 Å². The van der Waals surface area contributed by atoms with Crippen molar-refractivity contribution < 1.29 is 13.9 Å². The Balaban J connectivity index is 2.00. The molecule has 0 aliphatic carbocycles. The van der Waals surface area contributed by atoms with E-state index in [4.69, 9.17) is 9.15 Å². The van der Waals surface area contributed by atoms with E-state index in [-0.39, 0.29) is 12.0 Å². The molecule has 2 heterocycles. The molecule has 108 valence electrons. The minimum atomic E-state index is -0.130. The number of ether oxygens (including phenoxy) is 1. The van der Waals surface area contributed by atoms with Crippen molar-refractivity contribution in [3.8, 4) is 0 Å². The number of furan rings is 1. The standard InChI is InChI=1S/C15H19NO3S/c1-9-7-12(11(3)19-9)15(17)16-8-13(18-4)14-6-5-10(2)20-14/h5-7,13H,8H2,1-4H3,(H,16,17). The van der Waals surface area contributed by atoms with Gasteiger partial charge in [-0.15, -0.1) is 11.3 Å². The lowest BCUT2D eigenvalue weighted by atomic mass is 10.2. The van der Waals surface area contributed by atoms with Gasteiger partial charge in [-0.2, -0.15) is 0 Å². The Morgan fingerprint density at radius 1 is 1.40 bits per heavy atom. The first-order valence-electron chi connectivity index (χ1n) is 6.45. The molecule has 2 aromatic rings. The molecule has 0 spiro atoms. The molecule has 0 aliphatic heterocycles. The molecule has 0 saturated heterocycles. The van der Waals surface area contributed by atoms with Gasteiger partial charge < -0.3 is 14.5 Å². The maximum atomic E-state index is 12.1. The zero-order valence-electron chi connectivity index (χ0n) is 12.1. The summed E-state index contributed by atoms with van der Waals surface area (Å²) in [6.07, 6.45) is -0.119. The van der Waals surface area contributed by atoms with Crippen molar-refractivity contribution >= 4 is 17.2 Å². The first-order chi connectivity index (χ1) is 9.51. The van der Waals surface area contributed by atoms with Crippen LogP contribution in [0.2, 0.25) is 0 Å². The van der Waals surface area contributed by atoms with Crippen LogP contribution in [-0.4, -0.2) is 19.6 Å². The lowest BCUT2D eigenvalue weighted by Crippen LogP contribution is -2.29. The Kier molecular flexibility index (Phi) is 4.62. The second-order valence-corrected chi connectivity index (χ2v) is 6.03. The predicted molar refractivity (Wildman–Crippen MR) is 79.3 cm³/mol. The summed E-state index contributed by atoms with van der Waals surface area (Å²) in [5.41, 5.74) is 0.583. The molecule has 4 nitrogen and oxygen atoms in total. The van der Waals surface area contributed by atoms with E-state index in [2.05, 4.69) is 18.3 Å². The van der Waals surface area contributed by atoms with Crippen LogP contribution in [0.4, 0.5) is 0 Å². The lowest BCUT2D eigenvalue weighted by molar-refractivity contribution is 0.0836. The average Bonchev–Trinajstić information content (AvgIpc) is 2.96. The Morgan fingerprint density at radius 2 is 2.15 bits per heavy atom. The van der Waals surface area contributed by atoms with Gasteiger partial charge >= 0.3 is 0 Å². The fourth-order valence-electron chi connectivity index (χ4n) is 2.06. The average molecular weight is 293 g/mol. The predicted octanol–water partition coefficient (Wildman–Crippen LogP) is 3.38. The molecule has 0 radical (unpaired) electrons. The van der Waals surface area contributed by atoms with Gasteiger partial charge in [0, 0.05) is 23.4 Å². The van der Waals surface area contributed by atoms with Gasteiger partial charge in [0.05, 0.1) is 5.56 Å². The largest absolute Gasteiger partial charge is 0.466 e. The van der Waals surface area contributed by atoms with Gasteiger partial charge in [-0.3, -0.25) is 4.79 Å². The number of thiophene rings is 1. The van der Waals surface area contributed by atoms with Crippen molar-refractivity contribution in [2.24, 2.45) is 0 Å². The summed E-state index contributed by atoms with van der Waals surface area (Å²) in [6, 6.07) is 5.84. The number of hydrogen-bond donors (Lipinski definition) is 1. The molecule has 1 N–H and O–H groups in total. The molecule has 1 amide bonds. The summed E-state index contributed by atoms with van der Waals surface area (Å²) in [5, 5.41) is 2.89. The summed E-state index contributed by atoms with van der Waals surface area (Å²) in [6.45, 7) is 6.12. The Hall–Kier alpha value is -1.59. The molecule has 2 aromatic heterocycles. The van der Waals surface area contributed by atoms with Crippen LogP contribution in [0.15, 0.2) is 22.6 Å². The van der Waals surface area contributed by atoms with Crippen LogP contribution >= 0.6 is 11.3 Å². The molecule has 5 heteroatoms.